The summed E-state index contributed by atoms with van der Waals surface area (Å²) < 4.78 is 16.8. The van der Waals surface area contributed by atoms with E-state index in [0.717, 1.165) is 22.0 Å². The number of benzene rings is 1. The Morgan fingerprint density at radius 1 is 1.07 bits per heavy atom. The Balaban J connectivity index is 1.81. The van der Waals surface area contributed by atoms with Crippen LogP contribution >= 0.6 is 0 Å². The molecule has 28 heavy (non-hydrogen) atoms. The molecule has 3 aromatic rings. The number of aromatic amines is 1. The van der Waals surface area contributed by atoms with Gasteiger partial charge in [-0.2, -0.15) is 0 Å². The molecule has 4 rings (SSSR count). The first-order chi connectivity index (χ1) is 13.5. The number of ether oxygens (including phenoxy) is 3. The minimum Gasteiger partial charge on any atom is -0.493 e. The summed E-state index contributed by atoms with van der Waals surface area (Å²) in [6.07, 6.45) is -5.18. The summed E-state index contributed by atoms with van der Waals surface area (Å²) in [5.74, 6) is 0.668. The zero-order valence-corrected chi connectivity index (χ0v) is 15.4. The van der Waals surface area contributed by atoms with Gasteiger partial charge >= 0.3 is 0 Å². The molecule has 1 aromatic carbocycles. The average molecular weight is 390 g/mol. The molecule has 5 atom stereocenters. The molecule has 0 saturated carbocycles. The van der Waals surface area contributed by atoms with Gasteiger partial charge in [-0.05, 0) is 25.1 Å². The molecular weight excluding hydrogens is 368 g/mol. The summed E-state index contributed by atoms with van der Waals surface area (Å²) >= 11 is 0. The molecule has 9 heteroatoms. The van der Waals surface area contributed by atoms with E-state index in [-0.39, 0.29) is 5.75 Å². The lowest BCUT2D eigenvalue weighted by Crippen LogP contribution is -2.60. The molecule has 1 fully saturated rings. The van der Waals surface area contributed by atoms with Crippen molar-refractivity contribution in [3.63, 3.8) is 0 Å². The number of pyridine rings is 1. The SMILES string of the molecule is COc1ccc2c([nH]c3c(C)nccc32)c1O[C@H]1O[C@H](CO)[C@H](O)[C@@H](O)[C@H]1O. The van der Waals surface area contributed by atoms with Crippen LogP contribution in [0.4, 0.5) is 0 Å². The van der Waals surface area contributed by atoms with Crippen LogP contribution in [-0.2, 0) is 4.74 Å². The highest BCUT2D eigenvalue weighted by atomic mass is 16.7. The van der Waals surface area contributed by atoms with E-state index in [1.165, 1.54) is 7.11 Å². The molecule has 0 aliphatic carbocycles. The minimum atomic E-state index is -1.53. The van der Waals surface area contributed by atoms with Gasteiger partial charge in [0.05, 0.1) is 30.4 Å². The number of nitrogens with zero attached hydrogens (tertiary/aromatic N) is 1. The highest BCUT2D eigenvalue weighted by Gasteiger charge is 2.45. The van der Waals surface area contributed by atoms with Crippen molar-refractivity contribution in [3.05, 3.63) is 30.1 Å². The lowest BCUT2D eigenvalue weighted by atomic mass is 9.99. The summed E-state index contributed by atoms with van der Waals surface area (Å²) in [7, 11) is 1.48. The third-order valence-corrected chi connectivity index (χ3v) is 5.10. The van der Waals surface area contributed by atoms with Crippen molar-refractivity contribution >= 4 is 21.8 Å². The maximum absolute atomic E-state index is 10.3. The fourth-order valence-corrected chi connectivity index (χ4v) is 3.54. The van der Waals surface area contributed by atoms with Gasteiger partial charge in [0.25, 0.3) is 0 Å². The van der Waals surface area contributed by atoms with E-state index in [2.05, 4.69) is 9.97 Å². The van der Waals surface area contributed by atoms with E-state index in [9.17, 15) is 20.4 Å². The van der Waals surface area contributed by atoms with Crippen molar-refractivity contribution in [3.8, 4) is 11.5 Å². The Labute approximate surface area is 160 Å². The molecule has 0 radical (unpaired) electrons. The second-order valence-electron chi connectivity index (χ2n) is 6.78. The second kappa shape index (κ2) is 7.19. The Hall–Kier alpha value is -2.43. The second-order valence-corrected chi connectivity index (χ2v) is 6.78. The fraction of sp³-hybridized carbons (Fsp3) is 0.421. The zero-order chi connectivity index (χ0) is 20.0. The number of aliphatic hydroxyl groups excluding tert-OH is 4. The molecule has 150 valence electrons. The standard InChI is InChI=1S/C19H22N2O7/c1-8-13-10(5-6-20-8)9-3-4-11(26-2)18(14(9)21-13)28-19-17(25)16(24)15(23)12(7-22)27-19/h3-6,12,15-17,19,21-25H,7H2,1-2H3/t12-,15+,16-,17-,19-/m1/s1. The van der Waals surface area contributed by atoms with Gasteiger partial charge in [0.1, 0.15) is 24.4 Å². The van der Waals surface area contributed by atoms with Crippen LogP contribution in [0.25, 0.3) is 21.8 Å². The summed E-state index contributed by atoms with van der Waals surface area (Å²) in [5, 5.41) is 41.5. The molecule has 0 unspecified atom stereocenters. The molecule has 2 aromatic heterocycles. The van der Waals surface area contributed by atoms with Crippen molar-refractivity contribution in [1.29, 1.82) is 0 Å². The number of hydrogen-bond acceptors (Lipinski definition) is 8. The maximum Gasteiger partial charge on any atom is 0.229 e. The number of aliphatic hydroxyl groups is 4. The fourth-order valence-electron chi connectivity index (χ4n) is 3.54. The van der Waals surface area contributed by atoms with Gasteiger partial charge in [0, 0.05) is 17.0 Å². The summed E-state index contributed by atoms with van der Waals surface area (Å²) in [6, 6.07) is 5.49. The molecule has 1 saturated heterocycles. The summed E-state index contributed by atoms with van der Waals surface area (Å²) in [6.45, 7) is 1.34. The van der Waals surface area contributed by atoms with Crippen LogP contribution < -0.4 is 9.47 Å². The van der Waals surface area contributed by atoms with Gasteiger partial charge in [-0.25, -0.2) is 0 Å². The smallest absolute Gasteiger partial charge is 0.229 e. The number of aromatic nitrogens is 2. The van der Waals surface area contributed by atoms with Crippen LogP contribution in [0.3, 0.4) is 0 Å². The Bertz CT molecular complexity index is 1000. The van der Waals surface area contributed by atoms with Crippen LogP contribution in [0.5, 0.6) is 11.5 Å². The van der Waals surface area contributed by atoms with E-state index in [1.54, 1.807) is 12.3 Å². The normalized spacial score (nSPS) is 28.0. The number of aryl methyl sites for hydroxylation is 1. The lowest BCUT2D eigenvalue weighted by Gasteiger charge is -2.39. The number of rotatable bonds is 4. The van der Waals surface area contributed by atoms with E-state index in [4.69, 9.17) is 14.2 Å². The predicted octanol–water partition coefficient (Wildman–Crippen LogP) is 0.212. The molecule has 1 aliphatic rings. The van der Waals surface area contributed by atoms with Gasteiger partial charge in [-0.3, -0.25) is 4.98 Å². The minimum absolute atomic E-state index is 0.278. The maximum atomic E-state index is 10.3. The Morgan fingerprint density at radius 2 is 1.82 bits per heavy atom. The molecule has 1 aliphatic heterocycles. The molecule has 9 nitrogen and oxygen atoms in total. The van der Waals surface area contributed by atoms with E-state index in [0.29, 0.717) is 11.3 Å². The number of fused-ring (bicyclic) bond motifs is 3. The molecule has 0 amide bonds. The molecule has 0 spiro atoms. The number of H-pyrrole nitrogens is 1. The Kier molecular flexibility index (Phi) is 4.86. The van der Waals surface area contributed by atoms with Gasteiger partial charge in [-0.15, -0.1) is 0 Å². The zero-order valence-electron chi connectivity index (χ0n) is 15.4. The van der Waals surface area contributed by atoms with Crippen molar-refractivity contribution in [2.75, 3.05) is 13.7 Å². The largest absolute Gasteiger partial charge is 0.493 e. The van der Waals surface area contributed by atoms with E-state index >= 15 is 0 Å². The highest BCUT2D eigenvalue weighted by Crippen LogP contribution is 2.40. The Morgan fingerprint density at radius 3 is 2.54 bits per heavy atom. The van der Waals surface area contributed by atoms with E-state index < -0.39 is 37.3 Å². The van der Waals surface area contributed by atoms with Crippen LogP contribution in [0.2, 0.25) is 0 Å². The van der Waals surface area contributed by atoms with Crippen molar-refractivity contribution in [2.45, 2.75) is 37.6 Å². The van der Waals surface area contributed by atoms with Crippen molar-refractivity contribution in [2.24, 2.45) is 0 Å². The van der Waals surface area contributed by atoms with Gasteiger partial charge in [-0.1, -0.05) is 0 Å². The summed E-state index contributed by atoms with van der Waals surface area (Å²) in [4.78, 5) is 7.56. The van der Waals surface area contributed by atoms with Crippen LogP contribution in [-0.4, -0.2) is 74.8 Å². The van der Waals surface area contributed by atoms with Crippen LogP contribution in [0, 0.1) is 6.92 Å². The lowest BCUT2D eigenvalue weighted by molar-refractivity contribution is -0.277. The van der Waals surface area contributed by atoms with Crippen molar-refractivity contribution < 1.29 is 34.6 Å². The third kappa shape index (κ3) is 2.88. The van der Waals surface area contributed by atoms with Gasteiger partial charge in [0.2, 0.25) is 6.29 Å². The first-order valence-electron chi connectivity index (χ1n) is 8.87. The third-order valence-electron chi connectivity index (χ3n) is 5.10. The monoisotopic (exact) mass is 390 g/mol. The first-order valence-corrected chi connectivity index (χ1v) is 8.87. The summed E-state index contributed by atoms with van der Waals surface area (Å²) in [5.41, 5.74) is 2.26. The predicted molar refractivity (Wildman–Crippen MR) is 99.3 cm³/mol. The topological polar surface area (TPSA) is 137 Å². The average Bonchev–Trinajstić information content (AvgIpc) is 3.09. The molecule has 0 bridgehead atoms. The number of nitrogens with one attached hydrogen (secondary N) is 1. The molecule has 5 N–H and O–H groups in total. The van der Waals surface area contributed by atoms with Crippen molar-refractivity contribution in [1.82, 2.24) is 9.97 Å². The number of hydrogen-bond donors (Lipinski definition) is 5. The highest BCUT2D eigenvalue weighted by molar-refractivity contribution is 6.10. The van der Waals surface area contributed by atoms with Crippen LogP contribution in [0.1, 0.15) is 5.69 Å². The van der Waals surface area contributed by atoms with E-state index in [1.807, 2.05) is 19.1 Å². The number of methoxy groups -OCH3 is 1. The molecular formula is C19H22N2O7. The van der Waals surface area contributed by atoms with Crippen LogP contribution in [0.15, 0.2) is 24.4 Å². The molecule has 3 heterocycles. The van der Waals surface area contributed by atoms with Gasteiger partial charge < -0.3 is 39.6 Å². The first kappa shape index (κ1) is 18.9. The van der Waals surface area contributed by atoms with Gasteiger partial charge in [0.15, 0.2) is 11.5 Å². The quantitative estimate of drug-likeness (QED) is 0.426.